The number of carbonyl (C=O) groups excluding carboxylic acids is 8. The van der Waals surface area contributed by atoms with Gasteiger partial charge in [-0.05, 0) is 61.2 Å². The van der Waals surface area contributed by atoms with Crippen molar-refractivity contribution in [2.75, 3.05) is 13.2 Å². The molecule has 11 atom stereocenters. The van der Waals surface area contributed by atoms with Crippen molar-refractivity contribution in [2.45, 2.75) is 135 Å². The third-order valence-corrected chi connectivity index (χ3v) is 15.3. The first-order chi connectivity index (χ1) is 34.1. The Bertz CT molecular complexity index is 2600. The number of hydrogen-bond acceptors (Lipinski definition) is 15. The highest BCUT2D eigenvalue weighted by Gasteiger charge is 2.79. The molecule has 17 nitrogen and oxygen atoms in total. The summed E-state index contributed by atoms with van der Waals surface area (Å²) in [7, 11) is 0. The van der Waals surface area contributed by atoms with Gasteiger partial charge in [-0.1, -0.05) is 94.4 Å². The number of amides is 2. The van der Waals surface area contributed by atoms with Crippen molar-refractivity contribution in [1.29, 1.82) is 0 Å². The number of fused-ring (bicyclic) bond motifs is 5. The number of hydrogen-bond donors (Lipinski definition) is 3. The van der Waals surface area contributed by atoms with Crippen molar-refractivity contribution >= 4 is 47.4 Å². The molecule has 1 aliphatic heterocycles. The predicted octanol–water partition coefficient (Wildman–Crippen LogP) is 5.87. The summed E-state index contributed by atoms with van der Waals surface area (Å²) in [4.78, 5) is 112. The Morgan fingerprint density at radius 1 is 0.806 bits per heavy atom. The molecule has 1 heterocycles. The van der Waals surface area contributed by atoms with Gasteiger partial charge in [0, 0.05) is 50.6 Å². The number of esters is 5. The van der Waals surface area contributed by atoms with Gasteiger partial charge in [0.15, 0.2) is 17.5 Å². The lowest BCUT2D eigenvalue weighted by molar-refractivity contribution is -0.346. The van der Waals surface area contributed by atoms with Crippen LogP contribution in [0.15, 0.2) is 102 Å². The zero-order valence-corrected chi connectivity index (χ0v) is 41.9. The van der Waals surface area contributed by atoms with E-state index in [9.17, 15) is 38.7 Å². The fourth-order valence-electron chi connectivity index (χ4n) is 11.5. The largest absolute Gasteiger partial charge is 0.461 e. The van der Waals surface area contributed by atoms with E-state index < -0.39 is 118 Å². The number of aliphatic hydroxyl groups is 1. The minimum absolute atomic E-state index is 0.0283. The van der Waals surface area contributed by atoms with E-state index >= 15 is 4.79 Å². The summed E-state index contributed by atoms with van der Waals surface area (Å²) in [5.74, 6) is -8.51. The summed E-state index contributed by atoms with van der Waals surface area (Å²) >= 11 is 0. The molecule has 3 aromatic rings. The molecule has 72 heavy (non-hydrogen) atoms. The molecule has 3 aliphatic carbocycles. The average Bonchev–Trinajstić information content (AvgIpc) is 3.34. The van der Waals surface area contributed by atoms with Gasteiger partial charge < -0.3 is 44.2 Å². The Morgan fingerprint density at radius 2 is 1.42 bits per heavy atom. The number of rotatable bonds is 16. The van der Waals surface area contributed by atoms with E-state index in [1.165, 1.54) is 19.1 Å². The number of carbonyl (C=O) groups is 8. The maximum Gasteiger partial charge on any atom is 0.338 e. The molecule has 0 radical (unpaired) electrons. The van der Waals surface area contributed by atoms with Gasteiger partial charge in [0.25, 0.3) is 5.91 Å². The molecule has 0 aromatic heterocycles. The molecule has 0 spiro atoms. The first-order valence-electron chi connectivity index (χ1n) is 24.4. The van der Waals surface area contributed by atoms with Gasteiger partial charge >= 0.3 is 29.8 Å². The lowest BCUT2D eigenvalue weighted by atomic mass is 9.44. The lowest BCUT2D eigenvalue weighted by Crippen LogP contribution is -2.82. The van der Waals surface area contributed by atoms with Crippen LogP contribution in [0.2, 0.25) is 0 Å². The Balaban J connectivity index is 1.41. The molecule has 4 aliphatic rings. The molecule has 2 saturated carbocycles. The highest BCUT2D eigenvalue weighted by molar-refractivity contribution is 5.96. The summed E-state index contributed by atoms with van der Waals surface area (Å²) in [6, 6.07) is 24.4. The van der Waals surface area contributed by atoms with Gasteiger partial charge in [0.05, 0.1) is 41.9 Å². The Hall–Kier alpha value is -6.72. The predicted molar refractivity (Wildman–Crippen MR) is 257 cm³/mol. The maximum absolute atomic E-state index is 16.2. The second-order valence-electron chi connectivity index (χ2n) is 19.8. The zero-order chi connectivity index (χ0) is 52.3. The summed E-state index contributed by atoms with van der Waals surface area (Å²) in [5, 5.41) is 19.8. The van der Waals surface area contributed by atoms with Crippen LogP contribution in [-0.4, -0.2) is 107 Å². The van der Waals surface area contributed by atoms with E-state index in [0.29, 0.717) is 11.1 Å². The molecule has 0 unspecified atom stereocenters. The van der Waals surface area contributed by atoms with E-state index in [1.807, 2.05) is 0 Å². The first-order valence-corrected chi connectivity index (χ1v) is 24.4. The van der Waals surface area contributed by atoms with Gasteiger partial charge in [-0.3, -0.25) is 33.6 Å². The SMILES string of the molecule is CCC(=O)NCCC(=O)O[C@H]1C[C@H]2OC[C@@]2(OC(C)=O)[C@H]2[C@H](OC(=O)c3ccccc3)[C@]3(O)C[C@H](OC(=O)[C@H](CC)[C@@H](NC(=O)c4ccccc4)c4ccccc4)C(C)=C([C@@H](OC(C)=O)C(=O)[C@]12C)C3(C)C. The average molecular weight is 993 g/mol. The van der Waals surface area contributed by atoms with Crippen LogP contribution in [0.3, 0.4) is 0 Å². The Labute approximate surface area is 418 Å². The fourth-order valence-corrected chi connectivity index (χ4v) is 11.5. The molecule has 3 N–H and O–H groups in total. The number of Topliss-reactive ketones (excluding diaryl/α,β-unsaturated/α-hetero) is 1. The van der Waals surface area contributed by atoms with Crippen molar-refractivity contribution in [2.24, 2.45) is 22.7 Å². The second kappa shape index (κ2) is 21.2. The highest BCUT2D eigenvalue weighted by atomic mass is 16.6. The van der Waals surface area contributed by atoms with Crippen molar-refractivity contribution in [1.82, 2.24) is 10.6 Å². The second-order valence-corrected chi connectivity index (χ2v) is 19.8. The lowest BCUT2D eigenvalue weighted by Gasteiger charge is -2.67. The van der Waals surface area contributed by atoms with E-state index in [0.717, 1.165) is 13.8 Å². The van der Waals surface area contributed by atoms with Gasteiger partial charge in [0.2, 0.25) is 5.91 Å². The molecule has 2 amide bonds. The molecular formula is C55H64N2O15. The van der Waals surface area contributed by atoms with Crippen molar-refractivity contribution in [3.05, 3.63) is 119 Å². The zero-order valence-electron chi connectivity index (χ0n) is 41.9. The normalized spacial score (nSPS) is 28.9. The number of ether oxygens (including phenoxy) is 6. The summed E-state index contributed by atoms with van der Waals surface area (Å²) in [5.41, 5.74) is -6.78. The quantitative estimate of drug-likeness (QED) is 0.0865. The highest BCUT2D eigenvalue weighted by Crippen LogP contribution is 2.65. The molecule has 3 aromatic carbocycles. The molecule has 2 bridgehead atoms. The third-order valence-electron chi connectivity index (χ3n) is 15.3. The van der Waals surface area contributed by atoms with E-state index in [2.05, 4.69) is 10.6 Å². The molecule has 7 rings (SSSR count). The first kappa shape index (κ1) is 53.1. The topological polar surface area (TPSA) is 236 Å². The van der Waals surface area contributed by atoms with Crippen LogP contribution in [0.5, 0.6) is 0 Å². The van der Waals surface area contributed by atoms with E-state index in [1.54, 1.807) is 113 Å². The van der Waals surface area contributed by atoms with Crippen LogP contribution in [0.4, 0.5) is 0 Å². The van der Waals surface area contributed by atoms with Crippen LogP contribution < -0.4 is 10.6 Å². The van der Waals surface area contributed by atoms with Crippen LogP contribution >= 0.6 is 0 Å². The Morgan fingerprint density at radius 3 is 1.97 bits per heavy atom. The number of nitrogens with one attached hydrogen (secondary N) is 2. The number of benzene rings is 3. The van der Waals surface area contributed by atoms with Gasteiger partial charge in [0.1, 0.15) is 30.0 Å². The number of ketones is 1. The molecular weight excluding hydrogens is 929 g/mol. The summed E-state index contributed by atoms with van der Waals surface area (Å²) in [6.07, 6.45) is -8.38. The van der Waals surface area contributed by atoms with Crippen molar-refractivity contribution in [3.63, 3.8) is 0 Å². The minimum Gasteiger partial charge on any atom is -0.461 e. The molecule has 3 fully saturated rings. The van der Waals surface area contributed by atoms with Gasteiger partial charge in [-0.15, -0.1) is 0 Å². The van der Waals surface area contributed by atoms with Crippen LogP contribution in [-0.2, 0) is 57.2 Å². The van der Waals surface area contributed by atoms with E-state index in [-0.39, 0.29) is 61.5 Å². The molecule has 1 saturated heterocycles. The molecule has 17 heteroatoms. The van der Waals surface area contributed by atoms with Crippen LogP contribution in [0.25, 0.3) is 0 Å². The van der Waals surface area contributed by atoms with Gasteiger partial charge in [-0.2, -0.15) is 0 Å². The summed E-state index contributed by atoms with van der Waals surface area (Å²) < 4.78 is 37.7. The summed E-state index contributed by atoms with van der Waals surface area (Å²) in [6.45, 7) is 11.5. The van der Waals surface area contributed by atoms with Crippen molar-refractivity contribution < 1.29 is 71.9 Å². The van der Waals surface area contributed by atoms with Crippen LogP contribution in [0.1, 0.15) is 120 Å². The Kier molecular flexibility index (Phi) is 15.6. The standard InChI is InChI=1S/C55H64N2O15/c1-9-37(44(34-20-14-11-15-21-34)57-49(63)35-22-16-12-17-23-35)51(65)69-38-29-55(66)48(71-50(64)36-24-18-13-19-25-36)46-53(8,47(62)45(68-32(4)58)43(31(38)3)52(55,6)7)39(70-42(61)26-27-56-41(60)10-2)28-40-54(46,30-67-40)72-33(5)59/h11-25,37-40,44-46,48,66H,9-10,26-30H2,1-8H3,(H,56,60)(H,57,63)/t37-,38+,39+,40-,44+,45-,46+,48+,53-,54+,55-/m1/s1. The van der Waals surface area contributed by atoms with Crippen LogP contribution in [0, 0.1) is 22.7 Å². The fraction of sp³-hybridized carbons (Fsp3) is 0.491. The monoisotopic (exact) mass is 992 g/mol. The maximum atomic E-state index is 16.2. The smallest absolute Gasteiger partial charge is 0.338 e. The third kappa shape index (κ3) is 9.80. The van der Waals surface area contributed by atoms with Crippen molar-refractivity contribution in [3.8, 4) is 0 Å². The molecule has 384 valence electrons. The van der Waals surface area contributed by atoms with Gasteiger partial charge in [-0.25, -0.2) is 4.79 Å². The van der Waals surface area contributed by atoms with E-state index in [4.69, 9.17) is 28.4 Å². The minimum atomic E-state index is -2.41.